The van der Waals surface area contributed by atoms with E-state index in [1.54, 1.807) is 21.3 Å². The van der Waals surface area contributed by atoms with E-state index in [9.17, 15) is 0 Å². The summed E-state index contributed by atoms with van der Waals surface area (Å²) in [6.07, 6.45) is 1.04. The molecule has 1 heterocycles. The number of methoxy groups -OCH3 is 3. The van der Waals surface area contributed by atoms with Gasteiger partial charge in [-0.3, -0.25) is 0 Å². The first kappa shape index (κ1) is 14.7. The average molecular weight is 300 g/mol. The van der Waals surface area contributed by atoms with E-state index in [2.05, 4.69) is 29.6 Å². The van der Waals surface area contributed by atoms with Gasteiger partial charge in [0.05, 0.1) is 27.9 Å². The van der Waals surface area contributed by atoms with E-state index < -0.39 is 0 Å². The Kier molecular flexibility index (Phi) is 4.20. The third-order valence-corrected chi connectivity index (χ3v) is 4.25. The molecule has 0 saturated heterocycles. The highest BCUT2D eigenvalue weighted by atomic mass is 16.5. The highest BCUT2D eigenvalue weighted by molar-refractivity contribution is 5.50. The molecule has 0 fully saturated rings. The van der Waals surface area contributed by atoms with Crippen LogP contribution in [0.3, 0.4) is 0 Å². The Bertz CT molecular complexity index is 669. The van der Waals surface area contributed by atoms with Crippen molar-refractivity contribution in [1.82, 2.24) is 0 Å². The molecule has 0 saturated carbocycles. The van der Waals surface area contributed by atoms with E-state index in [0.717, 1.165) is 30.2 Å². The zero-order chi connectivity index (χ0) is 15.5. The van der Waals surface area contributed by atoms with Crippen molar-refractivity contribution in [3.05, 3.63) is 53.1 Å². The van der Waals surface area contributed by atoms with Crippen LogP contribution in [0.5, 0.6) is 17.2 Å². The zero-order valence-corrected chi connectivity index (χ0v) is 13.3. The molecule has 0 radical (unpaired) electrons. The van der Waals surface area contributed by atoms with Crippen molar-refractivity contribution in [1.29, 1.82) is 0 Å². The molecule has 2 aromatic rings. The lowest BCUT2D eigenvalue weighted by Gasteiger charge is -2.25. The van der Waals surface area contributed by atoms with Crippen LogP contribution >= 0.6 is 0 Å². The summed E-state index contributed by atoms with van der Waals surface area (Å²) in [6.45, 7) is 1.06. The highest BCUT2D eigenvalue weighted by Gasteiger charge is 2.27. The number of ether oxygens (including phenoxy) is 3. The summed E-state index contributed by atoms with van der Waals surface area (Å²) in [5.41, 5.74) is 3.86. The van der Waals surface area contributed by atoms with Crippen molar-refractivity contribution >= 4 is 0 Å². The minimum absolute atomic E-state index is 0.263. The van der Waals surface area contributed by atoms with E-state index in [4.69, 9.17) is 14.2 Å². The Morgan fingerprint density at radius 2 is 1.73 bits per heavy atom. The molecule has 4 nitrogen and oxygen atoms in total. The van der Waals surface area contributed by atoms with Gasteiger partial charge in [-0.2, -0.15) is 0 Å². The van der Waals surface area contributed by atoms with Crippen LogP contribution in [-0.2, 0) is 6.42 Å². The van der Waals surface area contributed by atoms with Gasteiger partial charge in [-0.1, -0.05) is 12.1 Å². The number of nitrogens with two attached hydrogens (primary N) is 1. The Balaban J connectivity index is 2.06. The van der Waals surface area contributed by atoms with Gasteiger partial charge in [0.25, 0.3) is 0 Å². The van der Waals surface area contributed by atoms with Crippen LogP contribution in [0.1, 0.15) is 22.7 Å². The summed E-state index contributed by atoms with van der Waals surface area (Å²) in [4.78, 5) is 0. The Labute approximate surface area is 131 Å². The second-order valence-electron chi connectivity index (χ2n) is 5.43. The predicted molar refractivity (Wildman–Crippen MR) is 84.9 cm³/mol. The fraction of sp³-hybridized carbons (Fsp3) is 0.333. The van der Waals surface area contributed by atoms with Gasteiger partial charge in [-0.15, -0.1) is 0 Å². The van der Waals surface area contributed by atoms with Crippen LogP contribution in [0.15, 0.2) is 36.4 Å². The smallest absolute Gasteiger partial charge is 0.161 e. The topological polar surface area (TPSA) is 44.3 Å². The van der Waals surface area contributed by atoms with Crippen molar-refractivity contribution in [3.8, 4) is 17.2 Å². The molecule has 1 aliphatic rings. The van der Waals surface area contributed by atoms with Crippen LogP contribution in [0.4, 0.5) is 0 Å². The molecule has 1 atom stereocenters. The molecular formula is C18H22NO3+. The van der Waals surface area contributed by atoms with Crippen LogP contribution in [0, 0.1) is 0 Å². The average Bonchev–Trinajstić information content (AvgIpc) is 2.59. The van der Waals surface area contributed by atoms with Gasteiger partial charge >= 0.3 is 0 Å². The Morgan fingerprint density at radius 1 is 0.955 bits per heavy atom. The number of fused-ring (bicyclic) bond motifs is 1. The first-order chi connectivity index (χ1) is 10.8. The molecule has 3 rings (SSSR count). The molecule has 2 aromatic carbocycles. The van der Waals surface area contributed by atoms with Crippen LogP contribution < -0.4 is 19.5 Å². The molecule has 0 aromatic heterocycles. The van der Waals surface area contributed by atoms with Gasteiger partial charge in [-0.25, -0.2) is 0 Å². The van der Waals surface area contributed by atoms with E-state index in [-0.39, 0.29) is 6.04 Å². The lowest BCUT2D eigenvalue weighted by Crippen LogP contribution is -2.87. The largest absolute Gasteiger partial charge is 0.497 e. The van der Waals surface area contributed by atoms with E-state index in [0.29, 0.717) is 0 Å². The van der Waals surface area contributed by atoms with Crippen molar-refractivity contribution in [2.45, 2.75) is 12.5 Å². The van der Waals surface area contributed by atoms with E-state index >= 15 is 0 Å². The summed E-state index contributed by atoms with van der Waals surface area (Å²) < 4.78 is 16.2. The van der Waals surface area contributed by atoms with Gasteiger partial charge in [0.1, 0.15) is 11.8 Å². The van der Waals surface area contributed by atoms with Crippen molar-refractivity contribution < 1.29 is 19.5 Å². The van der Waals surface area contributed by atoms with Gasteiger partial charge in [0.2, 0.25) is 0 Å². The normalized spacial score (nSPS) is 16.8. The molecule has 0 spiro atoms. The molecule has 0 amide bonds. The third-order valence-electron chi connectivity index (χ3n) is 4.25. The van der Waals surface area contributed by atoms with Crippen LogP contribution in [0.25, 0.3) is 0 Å². The molecule has 22 heavy (non-hydrogen) atoms. The summed E-state index contributed by atoms with van der Waals surface area (Å²) in [5.74, 6) is 2.47. The molecule has 0 aliphatic carbocycles. The SMILES string of the molecule is COc1cccc(C2[NH2+]CCc3cc(OC)c(OC)cc32)c1. The van der Waals surface area contributed by atoms with Crippen molar-refractivity contribution in [2.75, 3.05) is 27.9 Å². The zero-order valence-electron chi connectivity index (χ0n) is 13.3. The Morgan fingerprint density at radius 3 is 2.45 bits per heavy atom. The maximum Gasteiger partial charge on any atom is 0.161 e. The van der Waals surface area contributed by atoms with Gasteiger partial charge in [0.15, 0.2) is 11.5 Å². The van der Waals surface area contributed by atoms with Crippen molar-refractivity contribution in [2.24, 2.45) is 0 Å². The lowest BCUT2D eigenvalue weighted by molar-refractivity contribution is -0.690. The molecule has 1 unspecified atom stereocenters. The summed E-state index contributed by atoms with van der Waals surface area (Å²) >= 11 is 0. The predicted octanol–water partition coefficient (Wildman–Crippen LogP) is 1.92. The molecule has 0 bridgehead atoms. The molecule has 4 heteroatoms. The monoisotopic (exact) mass is 300 g/mol. The van der Waals surface area contributed by atoms with E-state index in [1.807, 2.05) is 12.1 Å². The maximum absolute atomic E-state index is 5.47. The second kappa shape index (κ2) is 6.28. The number of hydrogen-bond donors (Lipinski definition) is 1. The standard InChI is InChI=1S/C18H21NO3/c1-20-14-6-4-5-13(9-14)18-15-11-17(22-3)16(21-2)10-12(15)7-8-19-18/h4-6,9-11,18-19H,7-8H2,1-3H3/p+1. The first-order valence-electron chi connectivity index (χ1n) is 7.49. The molecule has 1 aliphatic heterocycles. The molecular weight excluding hydrogens is 278 g/mol. The van der Waals surface area contributed by atoms with Gasteiger partial charge in [0, 0.05) is 17.5 Å². The first-order valence-corrected chi connectivity index (χ1v) is 7.49. The lowest BCUT2D eigenvalue weighted by atomic mass is 9.89. The third kappa shape index (κ3) is 2.62. The minimum atomic E-state index is 0.263. The second-order valence-corrected chi connectivity index (χ2v) is 5.43. The van der Waals surface area contributed by atoms with Crippen LogP contribution in [0.2, 0.25) is 0 Å². The minimum Gasteiger partial charge on any atom is -0.497 e. The fourth-order valence-electron chi connectivity index (χ4n) is 3.13. The molecule has 116 valence electrons. The number of hydrogen-bond acceptors (Lipinski definition) is 3. The number of quaternary nitrogens is 1. The summed E-state index contributed by atoms with van der Waals surface area (Å²) in [7, 11) is 5.06. The van der Waals surface area contributed by atoms with E-state index in [1.165, 1.54) is 16.7 Å². The quantitative estimate of drug-likeness (QED) is 0.938. The highest BCUT2D eigenvalue weighted by Crippen LogP contribution is 2.35. The van der Waals surface area contributed by atoms with Gasteiger partial charge < -0.3 is 19.5 Å². The summed E-state index contributed by atoms with van der Waals surface area (Å²) in [5, 5.41) is 2.36. The fourth-order valence-corrected chi connectivity index (χ4v) is 3.13. The molecule has 2 N–H and O–H groups in total. The maximum atomic E-state index is 5.47. The number of benzene rings is 2. The summed E-state index contributed by atoms with van der Waals surface area (Å²) in [6, 6.07) is 12.7. The number of rotatable bonds is 4. The van der Waals surface area contributed by atoms with Crippen molar-refractivity contribution in [3.63, 3.8) is 0 Å². The Hall–Kier alpha value is -2.20. The van der Waals surface area contributed by atoms with Crippen LogP contribution in [-0.4, -0.2) is 27.9 Å². The van der Waals surface area contributed by atoms with Gasteiger partial charge in [-0.05, 0) is 29.8 Å².